The highest BCUT2D eigenvalue weighted by Gasteiger charge is 2.24. The van der Waals surface area contributed by atoms with E-state index in [2.05, 4.69) is 39.8 Å². The Morgan fingerprint density at radius 1 is 1.07 bits per heavy atom. The first-order valence-corrected chi connectivity index (χ1v) is 10.2. The Kier molecular flexibility index (Phi) is 7.31. The van der Waals surface area contributed by atoms with Crippen LogP contribution in [0.1, 0.15) is 49.9 Å². The molecule has 2 aromatic carbocycles. The first kappa shape index (κ1) is 20.2. The molecule has 2 unspecified atom stereocenters. The summed E-state index contributed by atoms with van der Waals surface area (Å²) < 4.78 is 5.55. The first-order chi connectivity index (χ1) is 13.7. The number of hydrogen-bond acceptors (Lipinski definition) is 3. The number of rotatable bonds is 8. The van der Waals surface area contributed by atoms with Crippen LogP contribution < -0.4 is 15.4 Å². The van der Waals surface area contributed by atoms with E-state index < -0.39 is 0 Å². The van der Waals surface area contributed by atoms with Crippen molar-refractivity contribution in [2.24, 2.45) is 0 Å². The lowest BCUT2D eigenvalue weighted by molar-refractivity contribution is 0.219. The summed E-state index contributed by atoms with van der Waals surface area (Å²) in [6.07, 6.45) is 2.45. The lowest BCUT2D eigenvalue weighted by Crippen LogP contribution is -2.42. The van der Waals surface area contributed by atoms with E-state index in [1.807, 2.05) is 44.2 Å². The third-order valence-electron chi connectivity index (χ3n) is 5.24. The molecule has 1 saturated heterocycles. The zero-order valence-corrected chi connectivity index (χ0v) is 16.9. The van der Waals surface area contributed by atoms with Gasteiger partial charge in [0.05, 0.1) is 18.7 Å². The van der Waals surface area contributed by atoms with Gasteiger partial charge in [-0.25, -0.2) is 4.79 Å². The van der Waals surface area contributed by atoms with Crippen molar-refractivity contribution in [3.05, 3.63) is 65.7 Å². The fourth-order valence-corrected chi connectivity index (χ4v) is 3.75. The van der Waals surface area contributed by atoms with Crippen molar-refractivity contribution in [2.75, 3.05) is 26.2 Å². The number of benzene rings is 2. The SMILES string of the molecule is CCOc1cccc(C(C)NC(=O)NCC(c2ccccc2)N2CCCC2)c1. The summed E-state index contributed by atoms with van der Waals surface area (Å²) in [4.78, 5) is 15.0. The molecule has 1 heterocycles. The highest BCUT2D eigenvalue weighted by atomic mass is 16.5. The molecule has 2 aromatic rings. The zero-order valence-electron chi connectivity index (χ0n) is 16.9. The summed E-state index contributed by atoms with van der Waals surface area (Å²) in [5.74, 6) is 0.826. The average Bonchev–Trinajstić information content (AvgIpc) is 3.24. The summed E-state index contributed by atoms with van der Waals surface area (Å²) in [5, 5.41) is 6.11. The molecular weight excluding hydrogens is 350 g/mol. The fourth-order valence-electron chi connectivity index (χ4n) is 3.75. The molecule has 1 fully saturated rings. The van der Waals surface area contributed by atoms with Gasteiger partial charge >= 0.3 is 6.03 Å². The third-order valence-corrected chi connectivity index (χ3v) is 5.24. The van der Waals surface area contributed by atoms with Crippen LogP contribution in [0.15, 0.2) is 54.6 Å². The van der Waals surface area contributed by atoms with E-state index in [0.29, 0.717) is 13.2 Å². The summed E-state index contributed by atoms with van der Waals surface area (Å²) in [6, 6.07) is 18.3. The minimum atomic E-state index is -0.144. The maximum Gasteiger partial charge on any atom is 0.315 e. The molecule has 0 aliphatic carbocycles. The highest BCUT2D eigenvalue weighted by Crippen LogP contribution is 2.24. The molecule has 3 rings (SSSR count). The Balaban J connectivity index is 1.57. The van der Waals surface area contributed by atoms with Gasteiger partial charge in [0, 0.05) is 6.54 Å². The molecule has 150 valence electrons. The van der Waals surface area contributed by atoms with E-state index >= 15 is 0 Å². The molecule has 2 atom stereocenters. The lowest BCUT2D eigenvalue weighted by Gasteiger charge is -2.28. The molecule has 2 N–H and O–H groups in total. The van der Waals surface area contributed by atoms with Crippen LogP contribution in [0.25, 0.3) is 0 Å². The summed E-state index contributed by atoms with van der Waals surface area (Å²) in [5.41, 5.74) is 2.28. The molecule has 0 bridgehead atoms. The van der Waals surface area contributed by atoms with E-state index in [9.17, 15) is 4.79 Å². The van der Waals surface area contributed by atoms with Crippen molar-refractivity contribution >= 4 is 6.03 Å². The van der Waals surface area contributed by atoms with Gasteiger partial charge in [0.2, 0.25) is 0 Å². The predicted molar refractivity (Wildman–Crippen MR) is 113 cm³/mol. The molecule has 0 radical (unpaired) electrons. The maximum absolute atomic E-state index is 12.5. The second kappa shape index (κ2) is 10.1. The van der Waals surface area contributed by atoms with Crippen LogP contribution >= 0.6 is 0 Å². The van der Waals surface area contributed by atoms with Crippen LogP contribution in [0.5, 0.6) is 5.75 Å². The average molecular weight is 382 g/mol. The van der Waals surface area contributed by atoms with E-state index in [-0.39, 0.29) is 18.1 Å². The number of carbonyl (C=O) groups excluding carboxylic acids is 1. The van der Waals surface area contributed by atoms with Gasteiger partial charge in [-0.05, 0) is 63.0 Å². The lowest BCUT2D eigenvalue weighted by atomic mass is 10.1. The van der Waals surface area contributed by atoms with Gasteiger partial charge in [-0.2, -0.15) is 0 Å². The molecule has 0 saturated carbocycles. The summed E-state index contributed by atoms with van der Waals surface area (Å²) >= 11 is 0. The molecule has 2 amide bonds. The Morgan fingerprint density at radius 3 is 2.50 bits per heavy atom. The molecule has 1 aliphatic heterocycles. The third kappa shape index (κ3) is 5.49. The van der Waals surface area contributed by atoms with Crippen LogP contribution in [-0.4, -0.2) is 37.2 Å². The molecule has 1 aliphatic rings. The van der Waals surface area contributed by atoms with Gasteiger partial charge in [-0.15, -0.1) is 0 Å². The minimum Gasteiger partial charge on any atom is -0.494 e. The Bertz CT molecular complexity index is 745. The number of amides is 2. The number of likely N-dealkylation sites (tertiary alicyclic amines) is 1. The van der Waals surface area contributed by atoms with Crippen LogP contribution in [0.2, 0.25) is 0 Å². The quantitative estimate of drug-likeness (QED) is 0.717. The van der Waals surface area contributed by atoms with Gasteiger partial charge in [-0.1, -0.05) is 42.5 Å². The summed E-state index contributed by atoms with van der Waals surface area (Å²) in [6.45, 7) is 7.35. The van der Waals surface area contributed by atoms with Gasteiger partial charge < -0.3 is 15.4 Å². The normalized spacial score (nSPS) is 16.4. The number of hydrogen-bond donors (Lipinski definition) is 2. The standard InChI is InChI=1S/C23H31N3O2/c1-3-28-21-13-9-12-20(16-21)18(2)25-23(27)24-17-22(26-14-7-8-15-26)19-10-5-4-6-11-19/h4-6,9-13,16,18,22H,3,7-8,14-15,17H2,1-2H3,(H2,24,25,27). The van der Waals surface area contributed by atoms with Crippen molar-refractivity contribution in [3.63, 3.8) is 0 Å². The Morgan fingerprint density at radius 2 is 1.79 bits per heavy atom. The second-order valence-electron chi connectivity index (χ2n) is 7.25. The van der Waals surface area contributed by atoms with Gasteiger partial charge in [0.1, 0.15) is 5.75 Å². The van der Waals surface area contributed by atoms with Gasteiger partial charge in [0.25, 0.3) is 0 Å². The van der Waals surface area contributed by atoms with Gasteiger partial charge in [-0.3, -0.25) is 4.90 Å². The highest BCUT2D eigenvalue weighted by molar-refractivity contribution is 5.74. The van der Waals surface area contributed by atoms with Crippen LogP contribution in [0, 0.1) is 0 Å². The van der Waals surface area contributed by atoms with E-state index in [1.165, 1.54) is 18.4 Å². The van der Waals surface area contributed by atoms with Crippen LogP contribution in [0.3, 0.4) is 0 Å². The molecule has 28 heavy (non-hydrogen) atoms. The number of nitrogens with one attached hydrogen (secondary N) is 2. The van der Waals surface area contributed by atoms with Crippen molar-refractivity contribution < 1.29 is 9.53 Å². The molecule has 0 aromatic heterocycles. The summed E-state index contributed by atoms with van der Waals surface area (Å²) in [7, 11) is 0. The Hall–Kier alpha value is -2.53. The first-order valence-electron chi connectivity index (χ1n) is 10.2. The number of urea groups is 1. The fraction of sp³-hybridized carbons (Fsp3) is 0.435. The number of ether oxygens (including phenoxy) is 1. The molecule has 5 nitrogen and oxygen atoms in total. The smallest absolute Gasteiger partial charge is 0.315 e. The predicted octanol–water partition coefficient (Wildman–Crippen LogP) is 4.28. The van der Waals surface area contributed by atoms with Crippen LogP contribution in [-0.2, 0) is 0 Å². The van der Waals surface area contributed by atoms with Crippen molar-refractivity contribution in [1.82, 2.24) is 15.5 Å². The van der Waals surface area contributed by atoms with E-state index in [0.717, 1.165) is 24.4 Å². The van der Waals surface area contributed by atoms with Crippen molar-refractivity contribution in [2.45, 2.75) is 38.8 Å². The topological polar surface area (TPSA) is 53.6 Å². The zero-order chi connectivity index (χ0) is 19.8. The molecule has 0 spiro atoms. The molecular formula is C23H31N3O2. The molecule has 5 heteroatoms. The van der Waals surface area contributed by atoms with Crippen molar-refractivity contribution in [3.8, 4) is 5.75 Å². The number of nitrogens with zero attached hydrogens (tertiary/aromatic N) is 1. The monoisotopic (exact) mass is 381 g/mol. The van der Waals surface area contributed by atoms with Crippen LogP contribution in [0.4, 0.5) is 4.79 Å². The Labute approximate surface area is 168 Å². The second-order valence-corrected chi connectivity index (χ2v) is 7.25. The maximum atomic E-state index is 12.5. The minimum absolute atomic E-state index is 0.0950. The number of carbonyl (C=O) groups is 1. The van der Waals surface area contributed by atoms with Crippen molar-refractivity contribution in [1.29, 1.82) is 0 Å². The van der Waals surface area contributed by atoms with E-state index in [1.54, 1.807) is 0 Å². The van der Waals surface area contributed by atoms with E-state index in [4.69, 9.17) is 4.74 Å². The largest absolute Gasteiger partial charge is 0.494 e. The van der Waals surface area contributed by atoms with Gasteiger partial charge in [0.15, 0.2) is 0 Å².